The van der Waals surface area contributed by atoms with Crippen LogP contribution in [0.3, 0.4) is 0 Å². The number of halogens is 5. The molecule has 1 fully saturated rings. The van der Waals surface area contributed by atoms with Gasteiger partial charge in [-0.2, -0.15) is 13.2 Å². The van der Waals surface area contributed by atoms with Gasteiger partial charge < -0.3 is 51.8 Å². The Bertz CT molecular complexity index is 1090. The van der Waals surface area contributed by atoms with Crippen LogP contribution in [-0.4, -0.2) is 53.8 Å². The van der Waals surface area contributed by atoms with Gasteiger partial charge in [-0.3, -0.25) is 14.4 Å². The fourth-order valence-corrected chi connectivity index (χ4v) is 4.40. The predicted molar refractivity (Wildman–Crippen MR) is 131 cm³/mol. The highest BCUT2D eigenvalue weighted by Crippen LogP contribution is 2.30. The molecule has 0 unspecified atom stereocenters. The molecule has 1 heterocycles. The molecule has 8 N–H and O–H groups in total. The second kappa shape index (κ2) is 15.7. The van der Waals surface area contributed by atoms with Crippen LogP contribution in [0.1, 0.15) is 36.8 Å². The summed E-state index contributed by atoms with van der Waals surface area (Å²) in [5.74, 6) is -1.41. The second-order valence-corrected chi connectivity index (χ2v) is 9.23. The summed E-state index contributed by atoms with van der Waals surface area (Å²) in [5.41, 5.74) is 7.70. The van der Waals surface area contributed by atoms with Gasteiger partial charge in [0, 0.05) is 12.2 Å². The van der Waals surface area contributed by atoms with Crippen LogP contribution in [0.2, 0.25) is 0 Å². The van der Waals surface area contributed by atoms with E-state index in [0.29, 0.717) is 19.5 Å². The number of carbonyl (C=O) groups is 3. The highest BCUT2D eigenvalue weighted by molar-refractivity contribution is 5.98. The van der Waals surface area contributed by atoms with Gasteiger partial charge in [0.05, 0.1) is 24.6 Å². The molecule has 216 valence electrons. The summed E-state index contributed by atoms with van der Waals surface area (Å²) in [4.78, 5) is 40.4. The number of benzene rings is 2. The summed E-state index contributed by atoms with van der Waals surface area (Å²) >= 11 is 0. The van der Waals surface area contributed by atoms with Crippen molar-refractivity contribution in [2.24, 2.45) is 0 Å². The molecule has 0 radical (unpaired) electrons. The summed E-state index contributed by atoms with van der Waals surface area (Å²) in [6.45, 7) is 1.21. The van der Waals surface area contributed by atoms with Crippen molar-refractivity contribution < 1.29 is 63.8 Å². The molecule has 2 aromatic carbocycles. The Morgan fingerprint density at radius 2 is 1.72 bits per heavy atom. The zero-order chi connectivity index (χ0) is 27.0. The van der Waals surface area contributed by atoms with E-state index in [1.165, 1.54) is 12.1 Å². The van der Waals surface area contributed by atoms with E-state index in [1.54, 1.807) is 4.90 Å². The number of amides is 3. The maximum atomic E-state index is 13.1. The van der Waals surface area contributed by atoms with Crippen LogP contribution in [0.15, 0.2) is 54.6 Å². The summed E-state index contributed by atoms with van der Waals surface area (Å²) in [6, 6.07) is 11.7. The number of quaternary nitrogens is 2. The van der Waals surface area contributed by atoms with E-state index in [9.17, 15) is 27.6 Å². The SMILES string of the molecule is [Cl-].[Cl-].[NH3+]C[C@@H]1CCCN1C(=O)C[C@H]([NH3+])C(=O)N[C@@H](CCc1ccccc1)C(=O)Nc1cccc(C(F)(F)F)c1. The van der Waals surface area contributed by atoms with Crippen molar-refractivity contribution >= 4 is 23.4 Å². The maximum Gasteiger partial charge on any atom is 0.416 e. The largest absolute Gasteiger partial charge is 1.00 e. The van der Waals surface area contributed by atoms with Gasteiger partial charge in [-0.25, -0.2) is 0 Å². The number of hydrogen-bond donors (Lipinski definition) is 4. The van der Waals surface area contributed by atoms with Crippen molar-refractivity contribution in [2.45, 2.75) is 56.4 Å². The Morgan fingerprint density at radius 3 is 2.36 bits per heavy atom. The molecule has 1 aliphatic rings. The zero-order valence-electron chi connectivity index (χ0n) is 21.4. The molecule has 0 bridgehead atoms. The minimum atomic E-state index is -4.56. The third-order valence-corrected chi connectivity index (χ3v) is 6.48. The number of hydrogen-bond acceptors (Lipinski definition) is 3. The maximum absolute atomic E-state index is 13.1. The van der Waals surface area contributed by atoms with Gasteiger partial charge in [0.2, 0.25) is 11.8 Å². The fraction of sp³-hybridized carbons (Fsp3) is 0.423. The minimum absolute atomic E-state index is 0. The van der Waals surface area contributed by atoms with E-state index in [2.05, 4.69) is 22.1 Å². The normalized spacial score (nSPS) is 16.3. The molecule has 0 aliphatic carbocycles. The molecule has 3 atom stereocenters. The average Bonchev–Trinajstić information content (AvgIpc) is 3.36. The molecule has 1 saturated heterocycles. The molecule has 2 aromatic rings. The van der Waals surface area contributed by atoms with Crippen molar-refractivity contribution in [2.75, 3.05) is 18.4 Å². The van der Waals surface area contributed by atoms with E-state index in [0.717, 1.165) is 30.5 Å². The molecular weight excluding hydrogens is 558 g/mol. The summed E-state index contributed by atoms with van der Waals surface area (Å²) in [5, 5.41) is 5.13. The van der Waals surface area contributed by atoms with Gasteiger partial charge in [-0.05, 0) is 49.4 Å². The van der Waals surface area contributed by atoms with Gasteiger partial charge in [0.25, 0.3) is 5.91 Å². The minimum Gasteiger partial charge on any atom is -1.00 e. The number of anilines is 1. The predicted octanol–water partition coefficient (Wildman–Crippen LogP) is -5.00. The Balaban J connectivity index is 0.00000380. The standard InChI is InChI=1S/C26H32F3N5O3.2ClH/c27-26(28,29)18-8-4-9-19(14-18)32-25(37)22(12-11-17-6-2-1-3-7-17)33-24(36)21(31)15-23(35)34-13-5-10-20(34)16-30;;/h1-4,6-9,14,20-22H,5,10-13,15-16,30-31H2,(H,32,37)(H,33,36);2*1H/t20-,21-,22-;;/m0../s1. The number of nitrogens with zero attached hydrogens (tertiary/aromatic N) is 1. The Morgan fingerprint density at radius 1 is 1.03 bits per heavy atom. The summed E-state index contributed by atoms with van der Waals surface area (Å²) < 4.78 is 39.3. The lowest BCUT2D eigenvalue weighted by molar-refractivity contribution is -0.403. The Labute approximate surface area is 237 Å². The van der Waals surface area contributed by atoms with Gasteiger partial charge in [0.1, 0.15) is 6.04 Å². The van der Waals surface area contributed by atoms with Crippen LogP contribution in [-0.2, 0) is 27.0 Å². The third-order valence-electron chi connectivity index (χ3n) is 6.48. The van der Waals surface area contributed by atoms with E-state index in [-0.39, 0.29) is 55.3 Å². The second-order valence-electron chi connectivity index (χ2n) is 9.23. The van der Waals surface area contributed by atoms with Crippen LogP contribution in [0, 0.1) is 0 Å². The van der Waals surface area contributed by atoms with Crippen molar-refractivity contribution in [1.82, 2.24) is 10.2 Å². The molecule has 0 saturated carbocycles. The summed E-state index contributed by atoms with van der Waals surface area (Å²) in [6.07, 6.45) is -2.25. The van der Waals surface area contributed by atoms with Crippen LogP contribution >= 0.6 is 0 Å². The first kappa shape index (κ1) is 34.2. The fourth-order valence-electron chi connectivity index (χ4n) is 4.40. The van der Waals surface area contributed by atoms with Crippen LogP contribution in [0.5, 0.6) is 0 Å². The lowest BCUT2D eigenvalue weighted by Gasteiger charge is -2.24. The number of alkyl halides is 3. The van der Waals surface area contributed by atoms with Crippen molar-refractivity contribution in [3.8, 4) is 0 Å². The topological polar surface area (TPSA) is 134 Å². The highest BCUT2D eigenvalue weighted by atomic mass is 35.5. The van der Waals surface area contributed by atoms with E-state index >= 15 is 0 Å². The number of likely N-dealkylation sites (tertiary alicyclic amines) is 1. The molecule has 1 aliphatic heterocycles. The Hall–Kier alpha value is -2.86. The van der Waals surface area contributed by atoms with Crippen molar-refractivity contribution in [3.63, 3.8) is 0 Å². The Kier molecular flexibility index (Phi) is 13.7. The van der Waals surface area contributed by atoms with Gasteiger partial charge in [0.15, 0.2) is 6.04 Å². The molecule has 0 spiro atoms. The van der Waals surface area contributed by atoms with Crippen molar-refractivity contribution in [1.29, 1.82) is 0 Å². The van der Waals surface area contributed by atoms with E-state index < -0.39 is 35.6 Å². The summed E-state index contributed by atoms with van der Waals surface area (Å²) in [7, 11) is 0. The number of nitrogens with one attached hydrogen (secondary N) is 2. The highest BCUT2D eigenvalue weighted by Gasteiger charge is 2.34. The van der Waals surface area contributed by atoms with Crippen molar-refractivity contribution in [3.05, 3.63) is 65.7 Å². The number of rotatable bonds is 10. The average molecular weight is 592 g/mol. The first-order valence-electron chi connectivity index (χ1n) is 12.3. The molecule has 8 nitrogen and oxygen atoms in total. The number of carbonyl (C=O) groups excluding carboxylic acids is 3. The molecule has 13 heteroatoms. The van der Waals surface area contributed by atoms with E-state index in [1.807, 2.05) is 30.3 Å². The van der Waals surface area contributed by atoms with Gasteiger partial charge in [-0.1, -0.05) is 36.4 Å². The first-order valence-corrected chi connectivity index (χ1v) is 12.3. The zero-order valence-corrected chi connectivity index (χ0v) is 22.9. The lowest BCUT2D eigenvalue weighted by Crippen LogP contribution is -3.00. The molecule has 3 rings (SSSR count). The van der Waals surface area contributed by atoms with Gasteiger partial charge in [-0.15, -0.1) is 0 Å². The smallest absolute Gasteiger partial charge is 0.416 e. The quantitative estimate of drug-likeness (QED) is 0.220. The lowest BCUT2D eigenvalue weighted by atomic mass is 10.0. The van der Waals surface area contributed by atoms with E-state index in [4.69, 9.17) is 0 Å². The molecule has 3 amide bonds. The number of aryl methyl sites for hydroxylation is 1. The molecule has 0 aromatic heterocycles. The molecule has 39 heavy (non-hydrogen) atoms. The van der Waals surface area contributed by atoms with Crippen LogP contribution < -0.4 is 46.9 Å². The molecular formula is C26H34Cl2F3N5O3. The monoisotopic (exact) mass is 591 g/mol. The van der Waals surface area contributed by atoms with Gasteiger partial charge >= 0.3 is 6.18 Å². The van der Waals surface area contributed by atoms with Crippen LogP contribution in [0.4, 0.5) is 18.9 Å². The first-order chi connectivity index (χ1) is 17.6. The third kappa shape index (κ3) is 9.99. The van der Waals surface area contributed by atoms with Crippen LogP contribution in [0.25, 0.3) is 0 Å².